The molecule has 0 bridgehead atoms. The van der Waals surface area contributed by atoms with Gasteiger partial charge in [-0.1, -0.05) is 78.1 Å². The van der Waals surface area contributed by atoms with Gasteiger partial charge in [-0.15, -0.1) is 0 Å². The number of pyridine rings is 1. The lowest BCUT2D eigenvalue weighted by Crippen LogP contribution is -2.31. The van der Waals surface area contributed by atoms with E-state index in [0.29, 0.717) is 18.1 Å². The van der Waals surface area contributed by atoms with Gasteiger partial charge >= 0.3 is 5.97 Å². The number of carbonyl (C=O) groups is 1. The summed E-state index contributed by atoms with van der Waals surface area (Å²) in [5.74, 6) is 0.217. The van der Waals surface area contributed by atoms with Crippen molar-refractivity contribution in [3.05, 3.63) is 23.9 Å². The number of hydrogen-bond donors (Lipinski definition) is 0. The molecule has 1 saturated carbocycles. The maximum Gasteiger partial charge on any atom is 0.339 e. The average molecular weight is 457 g/mol. The Morgan fingerprint density at radius 1 is 1.00 bits per heavy atom. The van der Waals surface area contributed by atoms with Crippen molar-refractivity contribution in [1.82, 2.24) is 4.98 Å². The van der Waals surface area contributed by atoms with E-state index in [2.05, 4.69) is 24.9 Å². The zero-order chi connectivity index (χ0) is 23.8. The lowest BCUT2D eigenvalue weighted by atomic mass is 9.71. The molecule has 0 unspecified atom stereocenters. The zero-order valence-electron chi connectivity index (χ0n) is 20.9. The molecule has 1 aliphatic carbocycles. The quantitative estimate of drug-likeness (QED) is 0.187. The molecule has 1 aromatic heterocycles. The Balaban J connectivity index is 1.68. The number of ether oxygens (including phenoxy) is 2. The lowest BCUT2D eigenvalue weighted by molar-refractivity contribution is 0.0104. The lowest BCUT2D eigenvalue weighted by Gasteiger charge is -2.34. The van der Waals surface area contributed by atoms with Crippen LogP contribution in [0.25, 0.3) is 0 Å². The third-order valence-corrected chi connectivity index (χ3v) is 6.88. The number of unbranched alkanes of at least 4 members (excludes halogenated alkanes) is 9. The second kappa shape index (κ2) is 15.7. The van der Waals surface area contributed by atoms with Gasteiger partial charge in [0.15, 0.2) is 0 Å². The highest BCUT2D eigenvalue weighted by Gasteiger charge is 2.36. The molecule has 5 nitrogen and oxygen atoms in total. The first-order valence-electron chi connectivity index (χ1n) is 13.3. The Bertz CT molecular complexity index is 703. The van der Waals surface area contributed by atoms with E-state index in [1.54, 1.807) is 12.1 Å². The maximum atomic E-state index is 12.5. The Hall–Kier alpha value is -2.09. The van der Waals surface area contributed by atoms with Gasteiger partial charge in [0.25, 0.3) is 0 Å². The topological polar surface area (TPSA) is 72.2 Å². The molecule has 1 heterocycles. The van der Waals surface area contributed by atoms with E-state index in [1.807, 2.05) is 0 Å². The second-order valence-corrected chi connectivity index (χ2v) is 9.66. The minimum atomic E-state index is -0.334. The van der Waals surface area contributed by atoms with Crippen LogP contribution < -0.4 is 4.74 Å². The van der Waals surface area contributed by atoms with Crippen LogP contribution in [0.5, 0.6) is 5.88 Å². The van der Waals surface area contributed by atoms with Gasteiger partial charge < -0.3 is 9.47 Å². The number of nitrogens with zero attached hydrogens (tertiary/aromatic N) is 2. The fourth-order valence-electron chi connectivity index (χ4n) is 4.61. The number of rotatable bonds is 16. The van der Waals surface area contributed by atoms with Crippen molar-refractivity contribution >= 4 is 5.97 Å². The van der Waals surface area contributed by atoms with Gasteiger partial charge in [0.1, 0.15) is 6.10 Å². The Morgan fingerprint density at radius 3 is 2.24 bits per heavy atom. The number of hydrogen-bond acceptors (Lipinski definition) is 5. The molecular weight excluding hydrogens is 412 g/mol. The first-order valence-corrected chi connectivity index (χ1v) is 13.3. The summed E-state index contributed by atoms with van der Waals surface area (Å²) in [6.07, 6.45) is 19.0. The first-order chi connectivity index (χ1) is 16.1. The van der Waals surface area contributed by atoms with Crippen LogP contribution >= 0.6 is 0 Å². The molecule has 1 aliphatic rings. The Labute approximate surface area is 201 Å². The molecule has 1 aromatic rings. The van der Waals surface area contributed by atoms with E-state index in [4.69, 9.17) is 9.47 Å². The van der Waals surface area contributed by atoms with Crippen LogP contribution in [0.3, 0.4) is 0 Å². The summed E-state index contributed by atoms with van der Waals surface area (Å²) in [5.41, 5.74) is 0.223. The summed E-state index contributed by atoms with van der Waals surface area (Å²) in [7, 11) is 0. The highest BCUT2D eigenvalue weighted by atomic mass is 16.5. The maximum absolute atomic E-state index is 12.5. The smallest absolute Gasteiger partial charge is 0.339 e. The Morgan fingerprint density at radius 2 is 1.64 bits per heavy atom. The summed E-state index contributed by atoms with van der Waals surface area (Å²) in [5, 5.41) is 9.76. The van der Waals surface area contributed by atoms with E-state index in [-0.39, 0.29) is 17.5 Å². The van der Waals surface area contributed by atoms with Gasteiger partial charge in [-0.3, -0.25) is 0 Å². The molecule has 0 aromatic carbocycles. The van der Waals surface area contributed by atoms with Crippen molar-refractivity contribution < 1.29 is 14.3 Å². The van der Waals surface area contributed by atoms with Gasteiger partial charge in [-0.05, 0) is 44.6 Å². The molecule has 0 atom stereocenters. The van der Waals surface area contributed by atoms with Crippen molar-refractivity contribution in [2.75, 3.05) is 6.61 Å². The highest BCUT2D eigenvalue weighted by molar-refractivity contribution is 5.89. The van der Waals surface area contributed by atoms with Crippen LogP contribution in [-0.2, 0) is 4.74 Å². The minimum Gasteiger partial charge on any atom is -0.478 e. The summed E-state index contributed by atoms with van der Waals surface area (Å²) >= 11 is 0. The average Bonchev–Trinajstić information content (AvgIpc) is 2.85. The number of esters is 1. The molecule has 0 aliphatic heterocycles. The van der Waals surface area contributed by atoms with E-state index < -0.39 is 0 Å². The third-order valence-electron chi connectivity index (χ3n) is 6.88. The van der Waals surface area contributed by atoms with Crippen LogP contribution in [0.15, 0.2) is 18.3 Å². The van der Waals surface area contributed by atoms with Crippen LogP contribution in [0, 0.1) is 16.7 Å². The fourth-order valence-corrected chi connectivity index (χ4v) is 4.61. The third kappa shape index (κ3) is 10.2. The minimum absolute atomic E-state index is 0.109. The number of carbonyl (C=O) groups excluding carboxylic acids is 1. The monoisotopic (exact) mass is 456 g/mol. The van der Waals surface area contributed by atoms with Crippen molar-refractivity contribution in [3.63, 3.8) is 0 Å². The van der Waals surface area contributed by atoms with E-state index >= 15 is 0 Å². The van der Waals surface area contributed by atoms with E-state index in [1.165, 1.54) is 64.0 Å². The van der Waals surface area contributed by atoms with E-state index in [9.17, 15) is 10.1 Å². The number of aromatic nitrogens is 1. The molecule has 0 spiro atoms. The van der Waals surface area contributed by atoms with E-state index in [0.717, 1.165) is 44.9 Å². The van der Waals surface area contributed by atoms with Crippen molar-refractivity contribution in [2.45, 2.75) is 123 Å². The van der Waals surface area contributed by atoms with Gasteiger partial charge in [0, 0.05) is 12.3 Å². The van der Waals surface area contributed by atoms with Gasteiger partial charge in [-0.2, -0.15) is 5.26 Å². The molecular formula is C28H44N2O3. The summed E-state index contributed by atoms with van der Waals surface area (Å²) in [6, 6.07) is 6.06. The molecule has 184 valence electrons. The molecule has 0 amide bonds. The van der Waals surface area contributed by atoms with Gasteiger partial charge in [0.05, 0.1) is 23.7 Å². The van der Waals surface area contributed by atoms with Crippen molar-refractivity contribution in [1.29, 1.82) is 5.26 Å². The molecule has 33 heavy (non-hydrogen) atoms. The molecule has 5 heteroatoms. The Kier molecular flexibility index (Phi) is 12.9. The number of nitriles is 1. The molecule has 2 rings (SSSR count). The summed E-state index contributed by atoms with van der Waals surface area (Å²) in [6.45, 7) is 5.10. The first kappa shape index (κ1) is 27.2. The van der Waals surface area contributed by atoms with Gasteiger partial charge in [-0.25, -0.2) is 9.78 Å². The van der Waals surface area contributed by atoms with Crippen molar-refractivity contribution in [2.24, 2.45) is 5.41 Å². The summed E-state index contributed by atoms with van der Waals surface area (Å²) < 4.78 is 11.4. The predicted molar refractivity (Wildman–Crippen MR) is 132 cm³/mol. The molecule has 0 N–H and O–H groups in total. The second-order valence-electron chi connectivity index (χ2n) is 9.66. The standard InChI is InChI=1S/C28H44N2O3/c1-3-5-7-9-11-13-21-32-26-15-14-24(22-30-26)27(31)33-25-16-19-28(23-29,20-17-25)18-12-10-8-6-4-2/h14-15,22,25H,3-13,16-21H2,1-2H3. The normalized spacial score (nSPS) is 20.2. The molecule has 1 fully saturated rings. The van der Waals surface area contributed by atoms with Gasteiger partial charge in [0.2, 0.25) is 5.88 Å². The highest BCUT2D eigenvalue weighted by Crippen LogP contribution is 2.41. The fraction of sp³-hybridized carbons (Fsp3) is 0.750. The van der Waals surface area contributed by atoms with Crippen LogP contribution in [0.1, 0.15) is 127 Å². The predicted octanol–water partition coefficient (Wildman–Crippen LogP) is 7.79. The van der Waals surface area contributed by atoms with Crippen LogP contribution in [-0.4, -0.2) is 23.7 Å². The van der Waals surface area contributed by atoms with Crippen LogP contribution in [0.2, 0.25) is 0 Å². The zero-order valence-corrected chi connectivity index (χ0v) is 20.9. The molecule has 0 radical (unpaired) electrons. The van der Waals surface area contributed by atoms with Crippen molar-refractivity contribution in [3.8, 4) is 11.9 Å². The molecule has 0 saturated heterocycles. The SMILES string of the molecule is CCCCCCCCOc1ccc(C(=O)OC2CCC(C#N)(CCCCCCC)CC2)cn1. The van der Waals surface area contributed by atoms with Crippen LogP contribution in [0.4, 0.5) is 0 Å². The summed E-state index contributed by atoms with van der Waals surface area (Å²) in [4.78, 5) is 16.8. The largest absolute Gasteiger partial charge is 0.478 e.